The van der Waals surface area contributed by atoms with Crippen molar-refractivity contribution in [3.63, 3.8) is 0 Å². The molecule has 0 unspecified atom stereocenters. The Balaban J connectivity index is 0.911. The van der Waals surface area contributed by atoms with Crippen molar-refractivity contribution in [2.24, 2.45) is 0 Å². The third kappa shape index (κ3) is 5.51. The Hall–Kier alpha value is -8.72. The van der Waals surface area contributed by atoms with Gasteiger partial charge in [0.25, 0.3) is 0 Å². The second kappa shape index (κ2) is 14.7. The summed E-state index contributed by atoms with van der Waals surface area (Å²) in [7, 11) is 0. The Kier molecular flexibility index (Phi) is 8.23. The first-order valence-electron chi connectivity index (χ1n) is 23.3. The molecule has 12 aromatic rings. The highest BCUT2D eigenvalue weighted by Crippen LogP contribution is 2.63. The SMILES string of the molecule is c1ccc(N(c2ccc(-c3ccc4c(c3)C3(c5ccccc5-c5ccccc53)c3ccccc3-4)cc2)c2ccc3c(c2)c2cc(-c4cccc5ccccc45)ccc2n3-c2ccccc2)cc1. The van der Waals surface area contributed by atoms with E-state index in [1.807, 2.05) is 0 Å². The molecule has 0 N–H and O–H groups in total. The molecule has 0 radical (unpaired) electrons. The molecule has 0 saturated carbocycles. The molecule has 1 aromatic heterocycles. The lowest BCUT2D eigenvalue weighted by Crippen LogP contribution is -2.25. The van der Waals surface area contributed by atoms with Gasteiger partial charge in [0.2, 0.25) is 0 Å². The van der Waals surface area contributed by atoms with Crippen LogP contribution in [0.15, 0.2) is 255 Å². The minimum absolute atomic E-state index is 0.378. The van der Waals surface area contributed by atoms with E-state index in [9.17, 15) is 0 Å². The Labute approximate surface area is 389 Å². The third-order valence-corrected chi connectivity index (χ3v) is 14.6. The Morgan fingerprint density at radius 3 is 1.48 bits per heavy atom. The van der Waals surface area contributed by atoms with Gasteiger partial charge in [0.05, 0.1) is 16.4 Å². The average Bonchev–Trinajstić information content (AvgIpc) is 4.00. The van der Waals surface area contributed by atoms with E-state index in [1.54, 1.807) is 0 Å². The smallest absolute Gasteiger partial charge is 0.0725 e. The van der Waals surface area contributed by atoms with Crippen LogP contribution >= 0.6 is 0 Å². The summed E-state index contributed by atoms with van der Waals surface area (Å²) in [5, 5.41) is 4.93. The summed E-state index contributed by atoms with van der Waals surface area (Å²) >= 11 is 0. The van der Waals surface area contributed by atoms with Crippen LogP contribution in [0.25, 0.3) is 82.8 Å². The van der Waals surface area contributed by atoms with Crippen molar-refractivity contribution in [2.45, 2.75) is 5.41 Å². The van der Waals surface area contributed by atoms with Gasteiger partial charge in [0.1, 0.15) is 0 Å². The van der Waals surface area contributed by atoms with Gasteiger partial charge >= 0.3 is 0 Å². The van der Waals surface area contributed by atoms with E-state index in [2.05, 4.69) is 264 Å². The van der Waals surface area contributed by atoms with E-state index >= 15 is 0 Å². The van der Waals surface area contributed by atoms with Crippen LogP contribution in [0.4, 0.5) is 17.1 Å². The molecule has 312 valence electrons. The predicted octanol–water partition coefficient (Wildman–Crippen LogP) is 17.1. The fourth-order valence-electron chi connectivity index (χ4n) is 11.8. The first kappa shape index (κ1) is 37.6. The first-order chi connectivity index (χ1) is 33.2. The molecule has 1 heterocycles. The summed E-state index contributed by atoms with van der Waals surface area (Å²) in [6.07, 6.45) is 0. The van der Waals surface area contributed by atoms with Crippen molar-refractivity contribution in [1.82, 2.24) is 4.57 Å². The largest absolute Gasteiger partial charge is 0.310 e. The maximum absolute atomic E-state index is 2.47. The molecule has 0 fully saturated rings. The zero-order valence-electron chi connectivity index (χ0n) is 36.6. The summed E-state index contributed by atoms with van der Waals surface area (Å²) in [5.41, 5.74) is 22.0. The van der Waals surface area contributed by atoms with Crippen LogP contribution in [0, 0.1) is 0 Å². The van der Waals surface area contributed by atoms with Gasteiger partial charge in [-0.2, -0.15) is 0 Å². The second-order valence-corrected chi connectivity index (χ2v) is 18.0. The summed E-state index contributed by atoms with van der Waals surface area (Å²) in [6, 6.07) is 94.2. The molecule has 1 spiro atoms. The topological polar surface area (TPSA) is 8.17 Å². The number of fused-ring (bicyclic) bond motifs is 14. The van der Waals surface area contributed by atoms with E-state index in [0.717, 1.165) is 22.7 Å². The first-order valence-corrected chi connectivity index (χ1v) is 23.3. The van der Waals surface area contributed by atoms with Crippen molar-refractivity contribution in [1.29, 1.82) is 0 Å². The normalized spacial score (nSPS) is 12.9. The molecule has 11 aromatic carbocycles. The van der Waals surface area contributed by atoms with Gasteiger partial charge in [-0.15, -0.1) is 0 Å². The van der Waals surface area contributed by atoms with E-state index in [4.69, 9.17) is 0 Å². The van der Waals surface area contributed by atoms with Crippen molar-refractivity contribution < 1.29 is 0 Å². The molecule has 0 atom stereocenters. The average molecular weight is 851 g/mol. The standard InChI is InChI=1S/C65H42N2/c1-3-18-47(19-4-1)66(50-36-39-64-58(42-50)57-40-46(52-26-15-17-44-16-7-8-22-51(44)52)33-38-63(57)67(64)48-20-5-2-6-21-48)49-34-30-43(31-35-49)45-32-37-56-55-25-11-14-29-61(55)65(62(56)41-45)59-27-12-9-23-53(59)54-24-10-13-28-60(54)65/h1-42H. The number of para-hydroxylation sites is 2. The molecule has 2 heteroatoms. The zero-order valence-corrected chi connectivity index (χ0v) is 36.6. The number of rotatable bonds is 6. The highest BCUT2D eigenvalue weighted by molar-refractivity contribution is 6.13. The number of anilines is 3. The van der Waals surface area contributed by atoms with Crippen LogP contribution in [0.2, 0.25) is 0 Å². The molecule has 0 aliphatic heterocycles. The summed E-state index contributed by atoms with van der Waals surface area (Å²) in [4.78, 5) is 2.39. The van der Waals surface area contributed by atoms with Gasteiger partial charge in [-0.1, -0.05) is 182 Å². The number of benzene rings is 11. The van der Waals surface area contributed by atoms with Gasteiger partial charge in [-0.05, 0) is 150 Å². The second-order valence-electron chi connectivity index (χ2n) is 18.0. The number of hydrogen-bond donors (Lipinski definition) is 0. The molecule has 0 bridgehead atoms. The van der Waals surface area contributed by atoms with Crippen LogP contribution in [-0.2, 0) is 5.41 Å². The van der Waals surface area contributed by atoms with Crippen molar-refractivity contribution in [3.05, 3.63) is 277 Å². The van der Waals surface area contributed by atoms with Gasteiger partial charge in [-0.25, -0.2) is 0 Å². The summed E-state index contributed by atoms with van der Waals surface area (Å²) in [6.45, 7) is 0. The lowest BCUT2D eigenvalue weighted by Gasteiger charge is -2.30. The minimum Gasteiger partial charge on any atom is -0.310 e. The van der Waals surface area contributed by atoms with Gasteiger partial charge in [-0.3, -0.25) is 0 Å². The fourth-order valence-corrected chi connectivity index (χ4v) is 11.8. The lowest BCUT2D eigenvalue weighted by atomic mass is 9.70. The third-order valence-electron chi connectivity index (χ3n) is 14.6. The highest BCUT2D eigenvalue weighted by atomic mass is 15.1. The number of hydrogen-bond acceptors (Lipinski definition) is 1. The molecule has 14 rings (SSSR count). The molecule has 0 saturated heterocycles. The quantitative estimate of drug-likeness (QED) is 0.162. The van der Waals surface area contributed by atoms with Crippen molar-refractivity contribution >= 4 is 49.6 Å². The maximum atomic E-state index is 2.47. The summed E-state index contributed by atoms with van der Waals surface area (Å²) < 4.78 is 2.41. The van der Waals surface area contributed by atoms with Crippen LogP contribution in [0.5, 0.6) is 0 Å². The fraction of sp³-hybridized carbons (Fsp3) is 0.0154. The van der Waals surface area contributed by atoms with E-state index in [1.165, 1.54) is 99.3 Å². The molecule has 2 nitrogen and oxygen atoms in total. The Morgan fingerprint density at radius 1 is 0.284 bits per heavy atom. The monoisotopic (exact) mass is 850 g/mol. The minimum atomic E-state index is -0.378. The summed E-state index contributed by atoms with van der Waals surface area (Å²) in [5.74, 6) is 0. The predicted molar refractivity (Wildman–Crippen MR) is 280 cm³/mol. The van der Waals surface area contributed by atoms with E-state index in [-0.39, 0.29) is 5.41 Å². The number of nitrogens with zero attached hydrogens (tertiary/aromatic N) is 2. The van der Waals surface area contributed by atoms with Crippen molar-refractivity contribution in [2.75, 3.05) is 4.90 Å². The highest BCUT2D eigenvalue weighted by Gasteiger charge is 2.51. The van der Waals surface area contributed by atoms with E-state index < -0.39 is 0 Å². The van der Waals surface area contributed by atoms with Crippen LogP contribution in [0.1, 0.15) is 22.3 Å². The number of aromatic nitrogens is 1. The van der Waals surface area contributed by atoms with Crippen LogP contribution in [-0.4, -0.2) is 4.57 Å². The Bertz CT molecular complexity index is 3850. The molecule has 0 amide bonds. The Morgan fingerprint density at radius 2 is 0.776 bits per heavy atom. The van der Waals surface area contributed by atoms with Gasteiger partial charge in [0, 0.05) is 33.5 Å². The van der Waals surface area contributed by atoms with Gasteiger partial charge < -0.3 is 9.47 Å². The molecule has 67 heavy (non-hydrogen) atoms. The molecular weight excluding hydrogens is 809 g/mol. The maximum Gasteiger partial charge on any atom is 0.0725 e. The zero-order chi connectivity index (χ0) is 44.1. The van der Waals surface area contributed by atoms with Crippen molar-refractivity contribution in [3.8, 4) is 50.2 Å². The van der Waals surface area contributed by atoms with Crippen LogP contribution < -0.4 is 4.90 Å². The molecular formula is C65H42N2. The van der Waals surface area contributed by atoms with Gasteiger partial charge in [0.15, 0.2) is 0 Å². The van der Waals surface area contributed by atoms with E-state index in [0.29, 0.717) is 0 Å². The molecule has 2 aliphatic rings. The molecule has 2 aliphatic carbocycles. The lowest BCUT2D eigenvalue weighted by molar-refractivity contribution is 0.794. The van der Waals surface area contributed by atoms with Crippen LogP contribution in [0.3, 0.4) is 0 Å².